The number of rotatable bonds is 5. The molecule has 1 N–H and O–H groups in total. The number of pyridine rings is 1. The lowest BCUT2D eigenvalue weighted by Gasteiger charge is -1.99. The summed E-state index contributed by atoms with van der Waals surface area (Å²) in [5, 5.41) is 7.91. The molecule has 0 bridgehead atoms. The Bertz CT molecular complexity index is 846. The van der Waals surface area contributed by atoms with Crippen LogP contribution in [-0.4, -0.2) is 28.2 Å². The van der Waals surface area contributed by atoms with Gasteiger partial charge in [-0.1, -0.05) is 6.07 Å². The van der Waals surface area contributed by atoms with Gasteiger partial charge in [0.15, 0.2) is 15.8 Å². The summed E-state index contributed by atoms with van der Waals surface area (Å²) < 4.78 is 22.8. The third-order valence-corrected chi connectivity index (χ3v) is 4.27. The summed E-state index contributed by atoms with van der Waals surface area (Å²) in [5.74, 6) is 0.597. The highest BCUT2D eigenvalue weighted by Crippen LogP contribution is 2.31. The van der Waals surface area contributed by atoms with Crippen molar-refractivity contribution in [1.82, 2.24) is 19.7 Å². The Morgan fingerprint density at radius 1 is 1.36 bits per heavy atom. The maximum Gasteiger partial charge on any atom is 0.189 e. The molecule has 0 aliphatic rings. The molecular weight excluding hydrogens is 322 g/mol. The molecule has 0 fully saturated rings. The normalized spacial score (nSPS) is 11.0. The van der Waals surface area contributed by atoms with Gasteiger partial charge in [-0.05, 0) is 19.1 Å². The summed E-state index contributed by atoms with van der Waals surface area (Å²) in [6.07, 6.45) is 5.00. The van der Waals surface area contributed by atoms with E-state index in [1.807, 2.05) is 25.1 Å². The Morgan fingerprint density at radius 2 is 2.23 bits per heavy atom. The molecule has 3 heterocycles. The van der Waals surface area contributed by atoms with E-state index in [9.17, 15) is 8.42 Å². The average Bonchev–Trinajstić information content (AvgIpc) is 3.06. The minimum Gasteiger partial charge on any atom is -0.316 e. The molecule has 114 valence electrons. The van der Waals surface area contributed by atoms with Crippen LogP contribution in [0, 0.1) is 6.92 Å². The van der Waals surface area contributed by atoms with Gasteiger partial charge in [0.05, 0.1) is 11.9 Å². The Kier molecular flexibility index (Phi) is 4.16. The van der Waals surface area contributed by atoms with Crippen LogP contribution in [0.2, 0.25) is 0 Å². The highest BCUT2D eigenvalue weighted by molar-refractivity contribution is 7.71. The van der Waals surface area contributed by atoms with Crippen LogP contribution in [0.5, 0.6) is 0 Å². The molecule has 3 aromatic heterocycles. The van der Waals surface area contributed by atoms with Crippen LogP contribution in [0.3, 0.4) is 0 Å². The van der Waals surface area contributed by atoms with Crippen molar-refractivity contribution in [2.24, 2.45) is 0 Å². The van der Waals surface area contributed by atoms with Crippen LogP contribution < -0.4 is 5.32 Å². The molecule has 0 radical (unpaired) electrons. The van der Waals surface area contributed by atoms with Gasteiger partial charge in [-0.15, -0.1) is 11.3 Å². The summed E-state index contributed by atoms with van der Waals surface area (Å²) in [4.78, 5) is 9.74. The number of thiol groups is 1. The number of nitrogens with one attached hydrogen (secondary N) is 1. The molecule has 0 atom stereocenters. The van der Waals surface area contributed by atoms with Gasteiger partial charge in [0.1, 0.15) is 11.7 Å². The second-order valence-corrected chi connectivity index (χ2v) is 6.66. The molecule has 9 heteroatoms. The Hall–Kier alpha value is -2.26. The summed E-state index contributed by atoms with van der Waals surface area (Å²) in [7, 11) is -2.51. The molecule has 3 aromatic rings. The number of hydrogen-bond acceptors (Lipinski definition) is 7. The molecule has 0 saturated heterocycles. The van der Waals surface area contributed by atoms with Crippen molar-refractivity contribution in [2.45, 2.75) is 12.8 Å². The van der Waals surface area contributed by atoms with Gasteiger partial charge in [0, 0.05) is 22.8 Å². The molecule has 0 unspecified atom stereocenters. The van der Waals surface area contributed by atoms with Crippen LogP contribution in [-0.2, 0) is 16.6 Å². The first-order chi connectivity index (χ1) is 10.6. The second-order valence-electron chi connectivity index (χ2n) is 4.51. The fourth-order valence-corrected chi connectivity index (χ4v) is 3.18. The third-order valence-electron chi connectivity index (χ3n) is 2.86. The number of anilines is 2. The van der Waals surface area contributed by atoms with Crippen molar-refractivity contribution in [3.63, 3.8) is 0 Å². The molecule has 7 nitrogen and oxygen atoms in total. The van der Waals surface area contributed by atoms with Gasteiger partial charge in [0.25, 0.3) is 0 Å². The lowest BCUT2D eigenvalue weighted by atomic mass is 10.2. The maximum absolute atomic E-state index is 10.7. The van der Waals surface area contributed by atoms with E-state index in [-0.39, 0.29) is 5.88 Å². The summed E-state index contributed by atoms with van der Waals surface area (Å²) in [6.45, 7) is 1.96. The molecule has 0 aromatic carbocycles. The van der Waals surface area contributed by atoms with Crippen LogP contribution in [0.4, 0.5) is 10.9 Å². The van der Waals surface area contributed by atoms with Gasteiger partial charge >= 0.3 is 0 Å². The van der Waals surface area contributed by atoms with Crippen molar-refractivity contribution in [3.05, 3.63) is 41.7 Å². The van der Waals surface area contributed by atoms with E-state index in [1.165, 1.54) is 16.0 Å². The SMILES string of the molecule is Cc1sc(Nc2ccccn2)nc1-c1cnn(C[SH](=O)=O)c1. The standard InChI is InChI=1S/C13H13N5O2S2/c1-9-12(10-6-15-18(7-10)8-22(19)20)17-13(21-9)16-11-4-2-3-5-14-11/h2-7,22H,8H2,1H3,(H,14,16,17). The van der Waals surface area contributed by atoms with Crippen molar-refractivity contribution in [1.29, 1.82) is 0 Å². The van der Waals surface area contributed by atoms with Gasteiger partial charge in [-0.3, -0.25) is 4.68 Å². The Labute approximate surface area is 132 Å². The van der Waals surface area contributed by atoms with E-state index in [2.05, 4.69) is 20.4 Å². The minimum absolute atomic E-state index is 0.127. The summed E-state index contributed by atoms with van der Waals surface area (Å²) in [6, 6.07) is 5.60. The number of aromatic nitrogens is 4. The number of hydrogen-bond donors (Lipinski definition) is 2. The largest absolute Gasteiger partial charge is 0.316 e. The fraction of sp³-hybridized carbons (Fsp3) is 0.154. The van der Waals surface area contributed by atoms with E-state index in [0.29, 0.717) is 0 Å². The van der Waals surface area contributed by atoms with Gasteiger partial charge < -0.3 is 5.32 Å². The van der Waals surface area contributed by atoms with Crippen molar-refractivity contribution in [2.75, 3.05) is 5.32 Å². The maximum atomic E-state index is 10.7. The zero-order valence-electron chi connectivity index (χ0n) is 11.6. The highest BCUT2D eigenvalue weighted by Gasteiger charge is 2.12. The van der Waals surface area contributed by atoms with E-state index in [1.54, 1.807) is 18.6 Å². The van der Waals surface area contributed by atoms with E-state index in [0.717, 1.165) is 27.1 Å². The zero-order valence-corrected chi connectivity index (χ0v) is 13.3. The number of thiazole rings is 1. The average molecular weight is 335 g/mol. The highest BCUT2D eigenvalue weighted by atomic mass is 32.2. The van der Waals surface area contributed by atoms with Crippen molar-refractivity contribution < 1.29 is 8.42 Å². The molecular formula is C13H13N5O2S2. The summed E-state index contributed by atoms with van der Waals surface area (Å²) in [5.41, 5.74) is 1.58. The monoisotopic (exact) mass is 335 g/mol. The molecule has 22 heavy (non-hydrogen) atoms. The molecule has 0 aliphatic heterocycles. The summed E-state index contributed by atoms with van der Waals surface area (Å²) >= 11 is 1.51. The van der Waals surface area contributed by atoms with Crippen LogP contribution in [0.15, 0.2) is 36.8 Å². The first kappa shape index (κ1) is 14.7. The molecule has 3 rings (SSSR count). The predicted molar refractivity (Wildman–Crippen MR) is 85.9 cm³/mol. The van der Waals surface area contributed by atoms with E-state index >= 15 is 0 Å². The van der Waals surface area contributed by atoms with E-state index < -0.39 is 10.7 Å². The Balaban J connectivity index is 1.84. The second kappa shape index (κ2) is 6.24. The molecule has 0 saturated carbocycles. The molecule has 0 amide bonds. The number of aryl methyl sites for hydroxylation is 1. The van der Waals surface area contributed by atoms with Crippen molar-refractivity contribution >= 4 is 33.0 Å². The minimum atomic E-state index is -2.51. The molecule has 0 spiro atoms. The lowest BCUT2D eigenvalue weighted by molar-refractivity contribution is 0.595. The third kappa shape index (κ3) is 3.31. The first-order valence-electron chi connectivity index (χ1n) is 6.42. The van der Waals surface area contributed by atoms with Gasteiger partial charge in [-0.25, -0.2) is 18.4 Å². The quantitative estimate of drug-likeness (QED) is 0.693. The Morgan fingerprint density at radius 3 is 2.95 bits per heavy atom. The van der Waals surface area contributed by atoms with E-state index in [4.69, 9.17) is 0 Å². The van der Waals surface area contributed by atoms with Crippen LogP contribution >= 0.6 is 11.3 Å². The van der Waals surface area contributed by atoms with Crippen LogP contribution in [0.1, 0.15) is 4.88 Å². The lowest BCUT2D eigenvalue weighted by Crippen LogP contribution is -1.98. The number of nitrogens with zero attached hydrogens (tertiary/aromatic N) is 4. The van der Waals surface area contributed by atoms with Crippen LogP contribution in [0.25, 0.3) is 11.3 Å². The fourth-order valence-electron chi connectivity index (χ4n) is 1.95. The predicted octanol–water partition coefficient (Wildman–Crippen LogP) is 2.02. The first-order valence-corrected chi connectivity index (χ1v) is 8.60. The van der Waals surface area contributed by atoms with Crippen molar-refractivity contribution in [3.8, 4) is 11.3 Å². The van der Waals surface area contributed by atoms with Gasteiger partial charge in [0.2, 0.25) is 0 Å². The zero-order chi connectivity index (χ0) is 15.5. The van der Waals surface area contributed by atoms with Gasteiger partial charge in [-0.2, -0.15) is 5.10 Å². The smallest absolute Gasteiger partial charge is 0.189 e. The topological polar surface area (TPSA) is 89.8 Å². The molecule has 0 aliphatic carbocycles.